The molecule has 2 amide bonds. The Morgan fingerprint density at radius 3 is 2.63 bits per heavy atom. The molecule has 0 aromatic rings. The number of ether oxygens (including phenoxy) is 1. The van der Waals surface area contributed by atoms with E-state index in [1.165, 1.54) is 0 Å². The molecular formula is C13H25N3O3. The Labute approximate surface area is 114 Å². The molecule has 0 spiro atoms. The van der Waals surface area contributed by atoms with Crippen molar-refractivity contribution < 1.29 is 14.3 Å². The number of hydrogen-bond acceptors (Lipinski definition) is 4. The van der Waals surface area contributed by atoms with Crippen molar-refractivity contribution in [3.63, 3.8) is 0 Å². The molecular weight excluding hydrogens is 246 g/mol. The van der Waals surface area contributed by atoms with Gasteiger partial charge >= 0.3 is 0 Å². The molecule has 1 heterocycles. The lowest BCUT2D eigenvalue weighted by atomic mass is 10.1. The van der Waals surface area contributed by atoms with E-state index in [0.717, 1.165) is 6.54 Å². The Bertz CT molecular complexity index is 307. The molecule has 3 N–H and O–H groups in total. The van der Waals surface area contributed by atoms with Crippen LogP contribution in [0.2, 0.25) is 0 Å². The standard InChI is InChI=1S/C13H25N3O3/c1-13(2,3)16-11(17)4-5-15-12(18)8-10-9-14-6-7-19-10/h10,14H,4-9H2,1-3H3,(H,15,18)(H,16,17). The lowest BCUT2D eigenvalue weighted by Gasteiger charge is -2.23. The average Bonchev–Trinajstić information content (AvgIpc) is 2.27. The first-order chi connectivity index (χ1) is 8.87. The zero-order valence-corrected chi connectivity index (χ0v) is 12.0. The predicted octanol–water partition coefficient (Wildman–Crippen LogP) is -0.214. The lowest BCUT2D eigenvalue weighted by Crippen LogP contribution is -2.43. The summed E-state index contributed by atoms with van der Waals surface area (Å²) in [5.41, 5.74) is -0.233. The first kappa shape index (κ1) is 15.9. The van der Waals surface area contributed by atoms with Crippen LogP contribution in [0.4, 0.5) is 0 Å². The zero-order valence-electron chi connectivity index (χ0n) is 12.0. The van der Waals surface area contributed by atoms with Gasteiger partial charge in [0, 0.05) is 31.6 Å². The third-order valence-electron chi connectivity index (χ3n) is 2.61. The van der Waals surface area contributed by atoms with Gasteiger partial charge in [0.05, 0.1) is 19.1 Å². The van der Waals surface area contributed by atoms with Gasteiger partial charge in [-0.05, 0) is 20.8 Å². The first-order valence-corrected chi connectivity index (χ1v) is 6.77. The van der Waals surface area contributed by atoms with Gasteiger partial charge in [0.2, 0.25) is 11.8 Å². The van der Waals surface area contributed by atoms with Crippen molar-refractivity contribution >= 4 is 11.8 Å². The fraction of sp³-hybridized carbons (Fsp3) is 0.846. The highest BCUT2D eigenvalue weighted by Crippen LogP contribution is 2.01. The molecule has 6 nitrogen and oxygen atoms in total. The van der Waals surface area contributed by atoms with Crippen molar-refractivity contribution in [2.75, 3.05) is 26.2 Å². The molecule has 0 radical (unpaired) electrons. The highest BCUT2D eigenvalue weighted by molar-refractivity contribution is 5.79. The number of amides is 2. The van der Waals surface area contributed by atoms with Gasteiger partial charge in [-0.15, -0.1) is 0 Å². The Kier molecular flexibility index (Phi) is 6.24. The van der Waals surface area contributed by atoms with Crippen molar-refractivity contribution in [2.24, 2.45) is 0 Å². The first-order valence-electron chi connectivity index (χ1n) is 6.77. The minimum Gasteiger partial charge on any atom is -0.375 e. The van der Waals surface area contributed by atoms with Gasteiger partial charge in [-0.2, -0.15) is 0 Å². The number of morpholine rings is 1. The fourth-order valence-corrected chi connectivity index (χ4v) is 1.83. The van der Waals surface area contributed by atoms with Gasteiger partial charge in [0.1, 0.15) is 0 Å². The minimum atomic E-state index is -0.233. The van der Waals surface area contributed by atoms with Crippen LogP contribution in [0.3, 0.4) is 0 Å². The van der Waals surface area contributed by atoms with Gasteiger partial charge in [-0.1, -0.05) is 0 Å². The van der Waals surface area contributed by atoms with Gasteiger partial charge < -0.3 is 20.7 Å². The number of hydrogen-bond donors (Lipinski definition) is 3. The van der Waals surface area contributed by atoms with Gasteiger partial charge in [-0.25, -0.2) is 0 Å². The summed E-state index contributed by atoms with van der Waals surface area (Å²) >= 11 is 0. The van der Waals surface area contributed by atoms with E-state index < -0.39 is 0 Å². The summed E-state index contributed by atoms with van der Waals surface area (Å²) in [4.78, 5) is 23.2. The minimum absolute atomic E-state index is 0.0524. The molecule has 1 rings (SSSR count). The summed E-state index contributed by atoms with van der Waals surface area (Å²) in [5, 5.41) is 8.76. The topological polar surface area (TPSA) is 79.5 Å². The zero-order chi connectivity index (χ0) is 14.3. The summed E-state index contributed by atoms with van der Waals surface area (Å²) in [5.74, 6) is -0.124. The molecule has 0 saturated carbocycles. The van der Waals surface area contributed by atoms with E-state index >= 15 is 0 Å². The van der Waals surface area contributed by atoms with Crippen LogP contribution in [-0.4, -0.2) is 49.7 Å². The Morgan fingerprint density at radius 2 is 2.05 bits per heavy atom. The summed E-state index contributed by atoms with van der Waals surface area (Å²) in [6.45, 7) is 8.33. The summed E-state index contributed by atoms with van der Waals surface area (Å²) in [6, 6.07) is 0. The summed E-state index contributed by atoms with van der Waals surface area (Å²) in [7, 11) is 0. The Balaban J connectivity index is 2.11. The Morgan fingerprint density at radius 1 is 1.32 bits per heavy atom. The molecule has 1 atom stereocenters. The predicted molar refractivity (Wildman–Crippen MR) is 72.7 cm³/mol. The van der Waals surface area contributed by atoms with Crippen LogP contribution in [0.5, 0.6) is 0 Å². The molecule has 0 aromatic heterocycles. The van der Waals surface area contributed by atoms with Crippen molar-refractivity contribution in [1.29, 1.82) is 0 Å². The van der Waals surface area contributed by atoms with Crippen LogP contribution in [0.25, 0.3) is 0 Å². The highest BCUT2D eigenvalue weighted by Gasteiger charge is 2.17. The number of nitrogens with one attached hydrogen (secondary N) is 3. The molecule has 1 saturated heterocycles. The van der Waals surface area contributed by atoms with Crippen LogP contribution in [0, 0.1) is 0 Å². The second-order valence-electron chi connectivity index (χ2n) is 5.80. The van der Waals surface area contributed by atoms with Crippen molar-refractivity contribution in [3.05, 3.63) is 0 Å². The maximum atomic E-state index is 11.6. The van der Waals surface area contributed by atoms with E-state index in [1.54, 1.807) is 0 Å². The maximum Gasteiger partial charge on any atom is 0.222 e. The third-order valence-corrected chi connectivity index (χ3v) is 2.61. The van der Waals surface area contributed by atoms with Gasteiger partial charge in [-0.3, -0.25) is 9.59 Å². The van der Waals surface area contributed by atoms with Crippen LogP contribution in [0.1, 0.15) is 33.6 Å². The van der Waals surface area contributed by atoms with Crippen LogP contribution in [-0.2, 0) is 14.3 Å². The molecule has 1 aliphatic rings. The monoisotopic (exact) mass is 271 g/mol. The van der Waals surface area contributed by atoms with Gasteiger partial charge in [0.25, 0.3) is 0 Å². The maximum absolute atomic E-state index is 11.6. The van der Waals surface area contributed by atoms with E-state index in [4.69, 9.17) is 4.74 Å². The van der Waals surface area contributed by atoms with Gasteiger partial charge in [0.15, 0.2) is 0 Å². The second-order valence-corrected chi connectivity index (χ2v) is 5.80. The summed E-state index contributed by atoms with van der Waals surface area (Å²) in [6.07, 6.45) is 0.581. The highest BCUT2D eigenvalue weighted by atomic mass is 16.5. The van der Waals surface area contributed by atoms with Crippen molar-refractivity contribution in [3.8, 4) is 0 Å². The van der Waals surface area contributed by atoms with Crippen molar-refractivity contribution in [1.82, 2.24) is 16.0 Å². The van der Waals surface area contributed by atoms with E-state index in [9.17, 15) is 9.59 Å². The Hall–Kier alpha value is -1.14. The molecule has 19 heavy (non-hydrogen) atoms. The quantitative estimate of drug-likeness (QED) is 0.646. The molecule has 110 valence electrons. The molecule has 1 unspecified atom stereocenters. The average molecular weight is 271 g/mol. The van der Waals surface area contributed by atoms with E-state index in [1.807, 2.05) is 20.8 Å². The van der Waals surface area contributed by atoms with Crippen LogP contribution < -0.4 is 16.0 Å². The molecule has 0 aromatic carbocycles. The number of rotatable bonds is 5. The van der Waals surface area contributed by atoms with Crippen LogP contribution in [0.15, 0.2) is 0 Å². The van der Waals surface area contributed by atoms with E-state index in [2.05, 4.69) is 16.0 Å². The lowest BCUT2D eigenvalue weighted by molar-refractivity contribution is -0.125. The third kappa shape index (κ3) is 7.79. The molecule has 1 aliphatic heterocycles. The van der Waals surface area contributed by atoms with Crippen molar-refractivity contribution in [2.45, 2.75) is 45.3 Å². The smallest absolute Gasteiger partial charge is 0.222 e. The normalized spacial score (nSPS) is 19.8. The number of carbonyl (C=O) groups is 2. The summed E-state index contributed by atoms with van der Waals surface area (Å²) < 4.78 is 5.44. The second kappa shape index (κ2) is 7.45. The van der Waals surface area contributed by atoms with E-state index in [-0.39, 0.29) is 23.5 Å². The van der Waals surface area contributed by atoms with E-state index in [0.29, 0.717) is 32.5 Å². The largest absolute Gasteiger partial charge is 0.375 e. The fourth-order valence-electron chi connectivity index (χ4n) is 1.83. The molecule has 6 heteroatoms. The van der Waals surface area contributed by atoms with Crippen LogP contribution >= 0.6 is 0 Å². The molecule has 0 aliphatic carbocycles. The number of carbonyl (C=O) groups excluding carboxylic acids is 2. The molecule has 1 fully saturated rings. The SMILES string of the molecule is CC(C)(C)NC(=O)CCNC(=O)CC1CNCCO1. The molecule has 0 bridgehead atoms.